The average molecular weight is 425 g/mol. The van der Waals surface area contributed by atoms with E-state index >= 15 is 0 Å². The van der Waals surface area contributed by atoms with Crippen LogP contribution in [0.3, 0.4) is 0 Å². The molecule has 1 heteroatoms. The van der Waals surface area contributed by atoms with Gasteiger partial charge >= 0.3 is 0 Å². The van der Waals surface area contributed by atoms with Crippen molar-refractivity contribution in [2.75, 3.05) is 0 Å². The van der Waals surface area contributed by atoms with Crippen LogP contribution in [-0.4, -0.2) is 8.07 Å². The first kappa shape index (κ1) is 29.2. The Labute approximate surface area is 188 Å². The van der Waals surface area contributed by atoms with Crippen molar-refractivity contribution in [3.8, 4) is 0 Å². The highest BCUT2D eigenvalue weighted by Gasteiger charge is 2.51. The lowest BCUT2D eigenvalue weighted by atomic mass is 10.0. The van der Waals surface area contributed by atoms with Crippen LogP contribution in [0, 0.1) is 23.7 Å². The Hall–Kier alpha value is 0.217. The standard InChI is InChI=1S/C28H60Si/c1-13-21(5)17-25(9)29(26(10)18-22(6)14-2,27(11)19-23(7)15-3)28(12)20-24(8)16-4/h21-28H,13-20H2,1-12H3. The zero-order valence-electron chi connectivity index (χ0n) is 22.8. The van der Waals surface area contributed by atoms with Crippen LogP contribution in [0.4, 0.5) is 0 Å². The van der Waals surface area contributed by atoms with E-state index in [0.717, 1.165) is 45.8 Å². The molecule has 0 fully saturated rings. The van der Waals surface area contributed by atoms with Crippen LogP contribution in [0.2, 0.25) is 22.2 Å². The van der Waals surface area contributed by atoms with Gasteiger partial charge in [0.15, 0.2) is 0 Å². The third-order valence-electron chi connectivity index (χ3n) is 9.23. The molecule has 0 aliphatic rings. The topological polar surface area (TPSA) is 0 Å². The lowest BCUT2D eigenvalue weighted by Crippen LogP contribution is -2.51. The minimum Gasteiger partial charge on any atom is -0.0651 e. The van der Waals surface area contributed by atoms with Gasteiger partial charge < -0.3 is 0 Å². The first-order valence-electron chi connectivity index (χ1n) is 13.5. The zero-order chi connectivity index (χ0) is 22.8. The summed E-state index contributed by atoms with van der Waals surface area (Å²) in [4.78, 5) is 0. The van der Waals surface area contributed by atoms with E-state index in [9.17, 15) is 0 Å². The van der Waals surface area contributed by atoms with Crippen LogP contribution in [-0.2, 0) is 0 Å². The third kappa shape index (κ3) is 8.34. The second kappa shape index (κ2) is 14.3. The maximum Gasteiger partial charge on any atom is 0.0649 e. The van der Waals surface area contributed by atoms with Crippen LogP contribution in [0.25, 0.3) is 0 Å². The highest BCUT2D eigenvalue weighted by Crippen LogP contribution is 2.57. The van der Waals surface area contributed by atoms with Gasteiger partial charge in [0.25, 0.3) is 0 Å². The molecule has 0 amide bonds. The fraction of sp³-hybridized carbons (Fsp3) is 1.00. The second-order valence-corrected chi connectivity index (χ2v) is 17.5. The molecule has 0 spiro atoms. The smallest absolute Gasteiger partial charge is 0.0649 e. The average Bonchev–Trinajstić information content (AvgIpc) is 2.67. The van der Waals surface area contributed by atoms with Crippen molar-refractivity contribution in [3.63, 3.8) is 0 Å². The van der Waals surface area contributed by atoms with Gasteiger partial charge in [-0.05, 0) is 45.8 Å². The molecule has 0 bridgehead atoms. The molecule has 0 saturated carbocycles. The molecule has 8 atom stereocenters. The molecule has 0 aromatic heterocycles. The van der Waals surface area contributed by atoms with E-state index in [-0.39, 0.29) is 0 Å². The molecule has 0 N–H and O–H groups in total. The fourth-order valence-electron chi connectivity index (χ4n) is 6.81. The molecule has 8 unspecified atom stereocenters. The van der Waals surface area contributed by atoms with Crippen molar-refractivity contribution >= 4 is 8.07 Å². The molecule has 0 heterocycles. The molecule has 0 radical (unpaired) electrons. The van der Waals surface area contributed by atoms with Crippen LogP contribution >= 0.6 is 0 Å². The van der Waals surface area contributed by atoms with Crippen molar-refractivity contribution < 1.29 is 0 Å². The number of hydrogen-bond acceptors (Lipinski definition) is 0. The Morgan fingerprint density at radius 1 is 0.379 bits per heavy atom. The first-order chi connectivity index (χ1) is 13.5. The van der Waals surface area contributed by atoms with Gasteiger partial charge in [0.1, 0.15) is 0 Å². The van der Waals surface area contributed by atoms with Gasteiger partial charge in [0.2, 0.25) is 0 Å². The summed E-state index contributed by atoms with van der Waals surface area (Å²) in [6.07, 6.45) is 11.2. The third-order valence-corrected chi connectivity index (χ3v) is 17.0. The van der Waals surface area contributed by atoms with Crippen molar-refractivity contribution in [2.45, 2.75) is 157 Å². The van der Waals surface area contributed by atoms with Gasteiger partial charge in [0, 0.05) is 0 Å². The van der Waals surface area contributed by atoms with Gasteiger partial charge in [-0.1, -0.05) is 134 Å². The predicted octanol–water partition coefficient (Wildman–Crippen LogP) is 10.7. The monoisotopic (exact) mass is 424 g/mol. The number of hydrogen-bond donors (Lipinski definition) is 0. The summed E-state index contributed by atoms with van der Waals surface area (Å²) >= 11 is 0. The molecule has 0 aliphatic carbocycles. The quantitative estimate of drug-likeness (QED) is 0.216. The van der Waals surface area contributed by atoms with Gasteiger partial charge in [-0.15, -0.1) is 0 Å². The van der Waals surface area contributed by atoms with Crippen molar-refractivity contribution in [1.29, 1.82) is 0 Å². The predicted molar refractivity (Wildman–Crippen MR) is 140 cm³/mol. The second-order valence-electron chi connectivity index (χ2n) is 11.6. The largest absolute Gasteiger partial charge is 0.0651 e. The summed E-state index contributed by atoms with van der Waals surface area (Å²) in [6, 6.07) is 0. The maximum absolute atomic E-state index is 2.70. The van der Waals surface area contributed by atoms with E-state index in [1.54, 1.807) is 0 Å². The first-order valence-corrected chi connectivity index (χ1v) is 15.8. The Balaban J connectivity index is 6.25. The highest BCUT2D eigenvalue weighted by atomic mass is 28.3. The van der Waals surface area contributed by atoms with E-state index in [2.05, 4.69) is 83.1 Å². The van der Waals surface area contributed by atoms with Crippen LogP contribution in [0.1, 0.15) is 134 Å². The molecule has 0 aliphatic heterocycles. The number of rotatable bonds is 16. The summed E-state index contributed by atoms with van der Waals surface area (Å²) in [5, 5.41) is 0. The lowest BCUT2D eigenvalue weighted by molar-refractivity contribution is 0.427. The lowest BCUT2D eigenvalue weighted by Gasteiger charge is -2.53. The highest BCUT2D eigenvalue weighted by molar-refractivity contribution is 6.85. The van der Waals surface area contributed by atoms with Crippen molar-refractivity contribution in [3.05, 3.63) is 0 Å². The van der Waals surface area contributed by atoms with E-state index in [1.165, 1.54) is 51.4 Å². The maximum atomic E-state index is 2.70. The Morgan fingerprint density at radius 3 is 0.690 bits per heavy atom. The SMILES string of the molecule is CCC(C)CC(C)[Si](C(C)CC(C)CC)(C(C)CC(C)CC)C(C)CC(C)CC. The molecule has 0 aromatic rings. The fourth-order valence-corrected chi connectivity index (χ4v) is 15.9. The molecule has 0 rings (SSSR count). The molecule has 0 saturated heterocycles. The van der Waals surface area contributed by atoms with Crippen LogP contribution in [0.15, 0.2) is 0 Å². The Morgan fingerprint density at radius 2 is 0.552 bits per heavy atom. The summed E-state index contributed by atoms with van der Waals surface area (Å²) < 4.78 is 0. The molecule has 29 heavy (non-hydrogen) atoms. The Bertz CT molecular complexity index is 326. The summed E-state index contributed by atoms with van der Waals surface area (Å²) in [5.41, 5.74) is 3.76. The van der Waals surface area contributed by atoms with Gasteiger partial charge in [-0.2, -0.15) is 0 Å². The zero-order valence-corrected chi connectivity index (χ0v) is 23.8. The summed E-state index contributed by atoms with van der Waals surface area (Å²) in [7, 11) is -1.53. The van der Waals surface area contributed by atoms with Gasteiger partial charge in [0.05, 0.1) is 8.07 Å². The molecule has 0 aromatic carbocycles. The molecular weight excluding hydrogens is 364 g/mol. The minimum atomic E-state index is -1.53. The van der Waals surface area contributed by atoms with Crippen LogP contribution < -0.4 is 0 Å². The minimum absolute atomic E-state index is 0.874. The van der Waals surface area contributed by atoms with Crippen LogP contribution in [0.5, 0.6) is 0 Å². The normalized spacial score (nSPS) is 22.8. The Kier molecular flexibility index (Phi) is 14.4. The summed E-state index contributed by atoms with van der Waals surface area (Å²) in [5.74, 6) is 3.50. The molecule has 0 nitrogen and oxygen atoms in total. The van der Waals surface area contributed by atoms with E-state index in [4.69, 9.17) is 0 Å². The van der Waals surface area contributed by atoms with E-state index in [0.29, 0.717) is 0 Å². The van der Waals surface area contributed by atoms with E-state index < -0.39 is 8.07 Å². The van der Waals surface area contributed by atoms with Gasteiger partial charge in [-0.25, -0.2) is 0 Å². The van der Waals surface area contributed by atoms with Crippen molar-refractivity contribution in [2.24, 2.45) is 23.7 Å². The van der Waals surface area contributed by atoms with Crippen molar-refractivity contribution in [1.82, 2.24) is 0 Å². The van der Waals surface area contributed by atoms with E-state index in [1.807, 2.05) is 0 Å². The van der Waals surface area contributed by atoms with Gasteiger partial charge in [-0.3, -0.25) is 0 Å². The summed E-state index contributed by atoms with van der Waals surface area (Å²) in [6.45, 7) is 30.4. The molecular formula is C28H60Si. The molecule has 176 valence electrons.